The van der Waals surface area contributed by atoms with Gasteiger partial charge in [0.2, 0.25) is 5.89 Å². The summed E-state index contributed by atoms with van der Waals surface area (Å²) < 4.78 is 5.59. The number of halogens is 1. The summed E-state index contributed by atoms with van der Waals surface area (Å²) in [7, 11) is 0. The van der Waals surface area contributed by atoms with Gasteiger partial charge in [-0.25, -0.2) is 9.78 Å². The minimum Gasteiger partial charge on any atom is -0.444 e. The minimum atomic E-state index is -0.350. The third-order valence-corrected chi connectivity index (χ3v) is 4.28. The normalized spacial score (nSPS) is 10.5. The molecule has 6 heteroatoms. The molecule has 0 saturated heterocycles. The number of urea groups is 1. The number of hydrogen-bond acceptors (Lipinski definition) is 3. The first-order chi connectivity index (χ1) is 13.7. The Balaban J connectivity index is 1.43. The molecule has 2 amide bonds. The van der Waals surface area contributed by atoms with Crippen LogP contribution < -0.4 is 10.6 Å². The zero-order valence-corrected chi connectivity index (χ0v) is 15.5. The molecule has 0 fully saturated rings. The number of carbonyl (C=O) groups is 1. The van der Waals surface area contributed by atoms with Crippen molar-refractivity contribution in [2.75, 3.05) is 10.6 Å². The lowest BCUT2D eigenvalue weighted by Crippen LogP contribution is -2.19. The van der Waals surface area contributed by atoms with Crippen LogP contribution in [0.1, 0.15) is 0 Å². The van der Waals surface area contributed by atoms with Crippen molar-refractivity contribution in [1.82, 2.24) is 4.98 Å². The number of hydrogen-bond donors (Lipinski definition) is 2. The van der Waals surface area contributed by atoms with Gasteiger partial charge < -0.3 is 15.1 Å². The fraction of sp³-hybridized carbons (Fsp3) is 0. The van der Waals surface area contributed by atoms with Crippen molar-refractivity contribution in [2.45, 2.75) is 0 Å². The predicted molar refractivity (Wildman–Crippen MR) is 111 cm³/mol. The van der Waals surface area contributed by atoms with Gasteiger partial charge in [0.25, 0.3) is 0 Å². The molecule has 5 nitrogen and oxygen atoms in total. The number of anilines is 2. The Kier molecular flexibility index (Phi) is 5.08. The van der Waals surface area contributed by atoms with Crippen LogP contribution in [0.25, 0.3) is 22.7 Å². The largest absolute Gasteiger partial charge is 0.444 e. The third-order valence-electron chi connectivity index (χ3n) is 4.05. The molecular formula is C22H16ClN3O2. The van der Waals surface area contributed by atoms with Gasteiger partial charge in [-0.15, -0.1) is 0 Å². The van der Waals surface area contributed by atoms with Gasteiger partial charge in [-0.05, 0) is 42.5 Å². The van der Waals surface area contributed by atoms with Crippen LogP contribution in [0.2, 0.25) is 5.02 Å². The molecule has 1 aromatic heterocycles. The van der Waals surface area contributed by atoms with Gasteiger partial charge in [0.1, 0.15) is 12.0 Å². The molecule has 138 valence electrons. The van der Waals surface area contributed by atoms with E-state index in [1.54, 1.807) is 42.7 Å². The molecule has 1 heterocycles. The number of rotatable bonds is 4. The van der Waals surface area contributed by atoms with Crippen molar-refractivity contribution in [1.29, 1.82) is 0 Å². The lowest BCUT2D eigenvalue weighted by molar-refractivity contribution is 0.262. The second-order valence-corrected chi connectivity index (χ2v) is 6.51. The van der Waals surface area contributed by atoms with Crippen LogP contribution in [-0.2, 0) is 0 Å². The van der Waals surface area contributed by atoms with E-state index < -0.39 is 0 Å². The Morgan fingerprint density at radius 3 is 2.32 bits per heavy atom. The Morgan fingerprint density at radius 2 is 1.57 bits per heavy atom. The second-order valence-electron chi connectivity index (χ2n) is 6.07. The van der Waals surface area contributed by atoms with E-state index in [0.717, 1.165) is 16.8 Å². The van der Waals surface area contributed by atoms with Gasteiger partial charge in [0.15, 0.2) is 0 Å². The van der Waals surface area contributed by atoms with Gasteiger partial charge in [-0.1, -0.05) is 48.0 Å². The van der Waals surface area contributed by atoms with Crippen molar-refractivity contribution < 1.29 is 9.21 Å². The van der Waals surface area contributed by atoms with Crippen LogP contribution in [0.3, 0.4) is 0 Å². The molecule has 0 aliphatic carbocycles. The topological polar surface area (TPSA) is 67.2 Å². The molecule has 0 radical (unpaired) electrons. The van der Waals surface area contributed by atoms with E-state index in [1.165, 1.54) is 0 Å². The van der Waals surface area contributed by atoms with Gasteiger partial charge >= 0.3 is 6.03 Å². The van der Waals surface area contributed by atoms with Gasteiger partial charge in [-0.3, -0.25) is 0 Å². The first-order valence-corrected chi connectivity index (χ1v) is 9.00. The first-order valence-electron chi connectivity index (χ1n) is 8.62. The maximum absolute atomic E-state index is 12.1. The minimum absolute atomic E-state index is 0.350. The summed E-state index contributed by atoms with van der Waals surface area (Å²) in [6, 6.07) is 23.7. The standard InChI is InChI=1S/C22H16ClN3O2/c23-17-7-4-8-19(13-17)25-22(27)24-18-11-9-16(10-12-18)21-26-20(14-28-21)15-5-2-1-3-6-15/h1-14H,(H2,24,25,27). The van der Waals surface area contributed by atoms with E-state index in [2.05, 4.69) is 15.6 Å². The molecule has 0 atom stereocenters. The van der Waals surface area contributed by atoms with E-state index in [-0.39, 0.29) is 6.03 Å². The number of amides is 2. The molecule has 0 aliphatic rings. The summed E-state index contributed by atoms with van der Waals surface area (Å²) in [6.45, 7) is 0. The number of carbonyl (C=O) groups excluding carboxylic acids is 1. The van der Waals surface area contributed by atoms with E-state index in [4.69, 9.17) is 16.0 Å². The quantitative estimate of drug-likeness (QED) is 0.430. The van der Waals surface area contributed by atoms with Crippen molar-refractivity contribution in [3.8, 4) is 22.7 Å². The number of nitrogens with one attached hydrogen (secondary N) is 2. The Morgan fingerprint density at radius 1 is 0.821 bits per heavy atom. The van der Waals surface area contributed by atoms with Gasteiger partial charge in [0.05, 0.1) is 0 Å². The summed E-state index contributed by atoms with van der Waals surface area (Å²) in [6.07, 6.45) is 1.63. The summed E-state index contributed by atoms with van der Waals surface area (Å²) in [5.74, 6) is 0.522. The van der Waals surface area contributed by atoms with Gasteiger partial charge in [-0.2, -0.15) is 0 Å². The van der Waals surface area contributed by atoms with Crippen molar-refractivity contribution in [2.24, 2.45) is 0 Å². The highest BCUT2D eigenvalue weighted by atomic mass is 35.5. The van der Waals surface area contributed by atoms with Gasteiger partial charge in [0, 0.05) is 27.5 Å². The lowest BCUT2D eigenvalue weighted by atomic mass is 10.2. The highest BCUT2D eigenvalue weighted by molar-refractivity contribution is 6.30. The van der Waals surface area contributed by atoms with Crippen LogP contribution >= 0.6 is 11.6 Å². The molecule has 2 N–H and O–H groups in total. The number of benzene rings is 3. The second kappa shape index (κ2) is 7.98. The summed E-state index contributed by atoms with van der Waals surface area (Å²) in [5, 5.41) is 6.07. The fourth-order valence-corrected chi connectivity index (χ4v) is 2.89. The van der Waals surface area contributed by atoms with E-state index in [9.17, 15) is 4.79 Å². The molecule has 0 saturated carbocycles. The number of oxazole rings is 1. The van der Waals surface area contributed by atoms with Crippen LogP contribution in [0.15, 0.2) is 89.5 Å². The SMILES string of the molecule is O=C(Nc1ccc(-c2nc(-c3ccccc3)co2)cc1)Nc1cccc(Cl)c1. The van der Waals surface area contributed by atoms with Crippen LogP contribution in [0.5, 0.6) is 0 Å². The maximum Gasteiger partial charge on any atom is 0.323 e. The van der Waals surface area contributed by atoms with Crippen LogP contribution in [-0.4, -0.2) is 11.0 Å². The van der Waals surface area contributed by atoms with E-state index in [0.29, 0.717) is 22.3 Å². The molecule has 0 bridgehead atoms. The van der Waals surface area contributed by atoms with E-state index in [1.807, 2.05) is 42.5 Å². The Labute approximate surface area is 167 Å². The molecule has 28 heavy (non-hydrogen) atoms. The Bertz CT molecular complexity index is 1090. The zero-order valence-electron chi connectivity index (χ0n) is 14.7. The van der Waals surface area contributed by atoms with Crippen LogP contribution in [0, 0.1) is 0 Å². The third kappa shape index (κ3) is 4.22. The highest BCUT2D eigenvalue weighted by Gasteiger charge is 2.09. The molecule has 4 rings (SSSR count). The van der Waals surface area contributed by atoms with Crippen molar-refractivity contribution >= 4 is 29.0 Å². The summed E-state index contributed by atoms with van der Waals surface area (Å²) in [5.41, 5.74) is 3.86. The Hall–Kier alpha value is -3.57. The lowest BCUT2D eigenvalue weighted by Gasteiger charge is -2.08. The van der Waals surface area contributed by atoms with Crippen molar-refractivity contribution in [3.63, 3.8) is 0 Å². The molecule has 4 aromatic rings. The monoisotopic (exact) mass is 389 g/mol. The molecule has 3 aromatic carbocycles. The molecule has 0 unspecified atom stereocenters. The average Bonchev–Trinajstić information content (AvgIpc) is 3.19. The predicted octanol–water partition coefficient (Wildman–Crippen LogP) is 6.31. The number of aromatic nitrogens is 1. The molecule has 0 aliphatic heterocycles. The molecule has 0 spiro atoms. The highest BCUT2D eigenvalue weighted by Crippen LogP contribution is 2.25. The van der Waals surface area contributed by atoms with E-state index >= 15 is 0 Å². The smallest absolute Gasteiger partial charge is 0.323 e. The first kappa shape index (κ1) is 17.8. The summed E-state index contributed by atoms with van der Waals surface area (Å²) >= 11 is 5.92. The van der Waals surface area contributed by atoms with Crippen LogP contribution in [0.4, 0.5) is 16.2 Å². The summed E-state index contributed by atoms with van der Waals surface area (Å²) in [4.78, 5) is 16.6. The fourth-order valence-electron chi connectivity index (χ4n) is 2.70. The zero-order chi connectivity index (χ0) is 19.3. The maximum atomic E-state index is 12.1. The molecular weight excluding hydrogens is 374 g/mol. The average molecular weight is 390 g/mol. The number of nitrogens with zero attached hydrogens (tertiary/aromatic N) is 1. The van der Waals surface area contributed by atoms with Crippen molar-refractivity contribution in [3.05, 3.63) is 90.1 Å².